The van der Waals surface area contributed by atoms with E-state index in [2.05, 4.69) is 9.88 Å². The van der Waals surface area contributed by atoms with Gasteiger partial charge >= 0.3 is 5.97 Å². The molecule has 0 amide bonds. The second-order valence-corrected chi connectivity index (χ2v) is 11.5. The van der Waals surface area contributed by atoms with Crippen LogP contribution in [0.1, 0.15) is 50.3 Å². The van der Waals surface area contributed by atoms with Gasteiger partial charge in [-0.05, 0) is 93.2 Å². The molecular formula is C29H33ClF2N2O3S. The van der Waals surface area contributed by atoms with Crippen molar-refractivity contribution in [2.75, 3.05) is 32.5 Å². The SMILES string of the molecule is COc1ccc2ncc(Cl)c([C@H](F)CCC3(CC(=O)O)CCN(CCCSc4ccccc4F)CC3)c2c1. The molecule has 0 aliphatic carbocycles. The van der Waals surface area contributed by atoms with Gasteiger partial charge in [-0.3, -0.25) is 9.78 Å². The summed E-state index contributed by atoms with van der Waals surface area (Å²) in [6.07, 6.45) is 3.10. The van der Waals surface area contributed by atoms with Gasteiger partial charge in [-0.25, -0.2) is 8.78 Å². The van der Waals surface area contributed by atoms with Crippen LogP contribution >= 0.6 is 23.4 Å². The number of pyridine rings is 1. The predicted molar refractivity (Wildman–Crippen MR) is 148 cm³/mol. The zero-order valence-corrected chi connectivity index (χ0v) is 23.0. The van der Waals surface area contributed by atoms with Gasteiger partial charge in [-0.2, -0.15) is 0 Å². The van der Waals surface area contributed by atoms with Crippen molar-refractivity contribution in [2.45, 2.75) is 49.6 Å². The maximum atomic E-state index is 15.7. The molecule has 0 unspecified atom stereocenters. The molecular weight excluding hydrogens is 530 g/mol. The first-order chi connectivity index (χ1) is 18.3. The van der Waals surface area contributed by atoms with E-state index in [1.54, 1.807) is 37.4 Å². The van der Waals surface area contributed by atoms with Gasteiger partial charge < -0.3 is 14.7 Å². The molecule has 0 bridgehead atoms. The minimum Gasteiger partial charge on any atom is -0.497 e. The molecule has 2 heterocycles. The Morgan fingerprint density at radius 2 is 2.03 bits per heavy atom. The van der Waals surface area contributed by atoms with E-state index in [9.17, 15) is 14.3 Å². The maximum Gasteiger partial charge on any atom is 0.303 e. The molecule has 1 saturated heterocycles. The molecule has 1 aliphatic heterocycles. The molecule has 5 nitrogen and oxygen atoms in total. The summed E-state index contributed by atoms with van der Waals surface area (Å²) in [7, 11) is 1.55. The molecule has 1 fully saturated rings. The lowest BCUT2D eigenvalue weighted by molar-refractivity contribution is -0.141. The molecule has 3 aromatic rings. The lowest BCUT2D eigenvalue weighted by Gasteiger charge is -2.41. The summed E-state index contributed by atoms with van der Waals surface area (Å²) in [5.74, 6) is 0.358. The molecule has 2 aromatic carbocycles. The highest BCUT2D eigenvalue weighted by Gasteiger charge is 2.37. The number of fused-ring (bicyclic) bond motifs is 1. The fourth-order valence-electron chi connectivity index (χ4n) is 5.31. The number of halogens is 3. The number of methoxy groups -OCH3 is 1. The van der Waals surface area contributed by atoms with Crippen molar-refractivity contribution in [1.29, 1.82) is 0 Å². The number of rotatable bonds is 12. The Bertz CT molecular complexity index is 1250. The third kappa shape index (κ3) is 7.16. The van der Waals surface area contributed by atoms with Crippen LogP contribution in [0.2, 0.25) is 5.02 Å². The van der Waals surface area contributed by atoms with Crippen LogP contribution in [-0.2, 0) is 4.79 Å². The molecule has 1 N–H and O–H groups in total. The van der Waals surface area contributed by atoms with Crippen LogP contribution < -0.4 is 4.74 Å². The number of aromatic nitrogens is 1. The predicted octanol–water partition coefficient (Wildman–Crippen LogP) is 7.57. The molecule has 9 heteroatoms. The Morgan fingerprint density at radius 3 is 2.74 bits per heavy atom. The summed E-state index contributed by atoms with van der Waals surface area (Å²) in [5.41, 5.74) is 0.558. The Kier molecular flexibility index (Phi) is 9.85. The third-order valence-corrected chi connectivity index (χ3v) is 8.90. The summed E-state index contributed by atoms with van der Waals surface area (Å²) < 4.78 is 34.8. The summed E-state index contributed by atoms with van der Waals surface area (Å²) in [6, 6.07) is 12.1. The summed E-state index contributed by atoms with van der Waals surface area (Å²) in [6.45, 7) is 2.41. The van der Waals surface area contributed by atoms with E-state index < -0.39 is 17.6 Å². The summed E-state index contributed by atoms with van der Waals surface area (Å²) in [5, 5.41) is 10.5. The van der Waals surface area contributed by atoms with Crippen molar-refractivity contribution in [3.05, 3.63) is 65.1 Å². The van der Waals surface area contributed by atoms with Gasteiger partial charge in [-0.1, -0.05) is 23.7 Å². The van der Waals surface area contributed by atoms with E-state index in [0.29, 0.717) is 46.4 Å². The van der Waals surface area contributed by atoms with Gasteiger partial charge in [0.1, 0.15) is 17.7 Å². The molecule has 1 aliphatic rings. The largest absolute Gasteiger partial charge is 0.497 e. The molecule has 204 valence electrons. The highest BCUT2D eigenvalue weighted by molar-refractivity contribution is 7.99. The number of piperidine rings is 1. The highest BCUT2D eigenvalue weighted by atomic mass is 35.5. The first-order valence-electron chi connectivity index (χ1n) is 12.9. The van der Waals surface area contributed by atoms with Crippen LogP contribution in [0.4, 0.5) is 8.78 Å². The average molecular weight is 563 g/mol. The minimum atomic E-state index is -1.35. The molecule has 38 heavy (non-hydrogen) atoms. The highest BCUT2D eigenvalue weighted by Crippen LogP contribution is 2.44. The van der Waals surface area contributed by atoms with Gasteiger partial charge in [-0.15, -0.1) is 11.8 Å². The van der Waals surface area contributed by atoms with E-state index in [0.717, 1.165) is 31.8 Å². The van der Waals surface area contributed by atoms with Gasteiger partial charge in [0, 0.05) is 22.0 Å². The van der Waals surface area contributed by atoms with E-state index in [4.69, 9.17) is 16.3 Å². The second kappa shape index (κ2) is 13.1. The lowest BCUT2D eigenvalue weighted by Crippen LogP contribution is -2.41. The van der Waals surface area contributed by atoms with Gasteiger partial charge in [0.15, 0.2) is 0 Å². The quantitative estimate of drug-likeness (QED) is 0.181. The zero-order valence-electron chi connectivity index (χ0n) is 21.5. The molecule has 1 atom stereocenters. The van der Waals surface area contributed by atoms with Crippen molar-refractivity contribution in [3.63, 3.8) is 0 Å². The first kappa shape index (κ1) is 28.6. The van der Waals surface area contributed by atoms with Crippen molar-refractivity contribution in [3.8, 4) is 5.75 Å². The van der Waals surface area contributed by atoms with Gasteiger partial charge in [0.05, 0.1) is 24.1 Å². The molecule has 0 spiro atoms. The van der Waals surface area contributed by atoms with Gasteiger partial charge in [0.2, 0.25) is 0 Å². The van der Waals surface area contributed by atoms with Crippen molar-refractivity contribution in [1.82, 2.24) is 9.88 Å². The summed E-state index contributed by atoms with van der Waals surface area (Å²) >= 11 is 7.91. The van der Waals surface area contributed by atoms with Crippen LogP contribution in [0, 0.1) is 11.2 Å². The number of benzene rings is 2. The normalized spacial score (nSPS) is 16.4. The smallest absolute Gasteiger partial charge is 0.303 e. The van der Waals surface area contributed by atoms with Crippen molar-refractivity contribution in [2.24, 2.45) is 5.41 Å². The number of hydrogen-bond donors (Lipinski definition) is 1. The fourth-order valence-corrected chi connectivity index (χ4v) is 6.45. The Morgan fingerprint density at radius 1 is 1.26 bits per heavy atom. The number of ether oxygens (including phenoxy) is 1. The van der Waals surface area contributed by atoms with Gasteiger partial charge in [0.25, 0.3) is 0 Å². The average Bonchev–Trinajstić information content (AvgIpc) is 2.91. The molecule has 0 radical (unpaired) electrons. The van der Waals surface area contributed by atoms with Crippen LogP contribution in [0.5, 0.6) is 5.75 Å². The fraction of sp³-hybridized carbons (Fsp3) is 0.448. The Balaban J connectivity index is 1.35. The number of nitrogens with zero attached hydrogens (tertiary/aromatic N) is 2. The van der Waals surface area contributed by atoms with Crippen LogP contribution in [-0.4, -0.2) is 53.5 Å². The number of thioether (sulfide) groups is 1. The number of carbonyl (C=O) groups is 1. The third-order valence-electron chi connectivity index (χ3n) is 7.47. The van der Waals surface area contributed by atoms with E-state index >= 15 is 4.39 Å². The standard InChI is InChI=1S/C29H33ClF2N2O3S/c1-37-20-7-8-25-21(17-20)28(22(30)19-33-25)24(32)9-10-29(18-27(35)36)11-14-34(15-12-29)13-4-16-38-26-6-3-2-5-23(26)31/h2-3,5-8,17,19,24H,4,9-16,18H2,1H3,(H,35,36)/t24-/m1/s1. The zero-order chi connectivity index (χ0) is 27.1. The molecule has 1 aromatic heterocycles. The number of aliphatic carboxylic acids is 1. The van der Waals surface area contributed by atoms with Crippen molar-refractivity contribution >= 4 is 40.2 Å². The number of hydrogen-bond acceptors (Lipinski definition) is 5. The Labute approximate surface area is 231 Å². The number of carboxylic acids is 1. The molecule has 4 rings (SSSR count). The first-order valence-corrected chi connectivity index (χ1v) is 14.2. The topological polar surface area (TPSA) is 62.7 Å². The van der Waals surface area contributed by atoms with Crippen LogP contribution in [0.25, 0.3) is 10.9 Å². The van der Waals surface area contributed by atoms with Crippen molar-refractivity contribution < 1.29 is 23.4 Å². The lowest BCUT2D eigenvalue weighted by atomic mass is 9.71. The second-order valence-electron chi connectivity index (χ2n) is 9.95. The monoisotopic (exact) mass is 562 g/mol. The number of alkyl halides is 1. The number of carboxylic acid groups (broad SMARTS) is 1. The van der Waals surface area contributed by atoms with Crippen LogP contribution in [0.3, 0.4) is 0 Å². The molecule has 0 saturated carbocycles. The number of likely N-dealkylation sites (tertiary alicyclic amines) is 1. The summed E-state index contributed by atoms with van der Waals surface area (Å²) in [4.78, 5) is 19.1. The van der Waals surface area contributed by atoms with Crippen LogP contribution in [0.15, 0.2) is 53.6 Å². The minimum absolute atomic E-state index is 0.0232. The van der Waals surface area contributed by atoms with E-state index in [1.807, 2.05) is 6.07 Å². The maximum absolute atomic E-state index is 15.7. The Hall–Kier alpha value is -2.42. The van der Waals surface area contributed by atoms with E-state index in [1.165, 1.54) is 24.0 Å². The van der Waals surface area contributed by atoms with E-state index in [-0.39, 0.29) is 23.7 Å².